The van der Waals surface area contributed by atoms with Crippen molar-refractivity contribution >= 4 is 16.0 Å². The highest BCUT2D eigenvalue weighted by Crippen LogP contribution is 2.14. The third-order valence-corrected chi connectivity index (χ3v) is 5.40. The fourth-order valence-electron chi connectivity index (χ4n) is 2.24. The Kier molecular flexibility index (Phi) is 6.50. The molecular weight excluding hydrogens is 352 g/mol. The monoisotopic (exact) mass is 372 g/mol. The van der Waals surface area contributed by atoms with E-state index in [1.807, 2.05) is 19.9 Å². The summed E-state index contributed by atoms with van der Waals surface area (Å²) in [5.74, 6) is -0.541. The number of sulfonamides is 1. The van der Waals surface area contributed by atoms with Gasteiger partial charge in [-0.15, -0.1) is 0 Å². The van der Waals surface area contributed by atoms with Crippen molar-refractivity contribution in [2.24, 2.45) is 0 Å². The molecule has 0 aliphatic carbocycles. The molecule has 6 nitrogen and oxygen atoms in total. The summed E-state index contributed by atoms with van der Waals surface area (Å²) in [6, 6.07) is 13.7. The van der Waals surface area contributed by atoms with Crippen molar-refractivity contribution in [3.8, 4) is 6.07 Å². The number of hydrogen-bond donors (Lipinski definition) is 1. The van der Waals surface area contributed by atoms with Crippen LogP contribution in [0.5, 0.6) is 0 Å². The Hall–Kier alpha value is -2.69. The van der Waals surface area contributed by atoms with Crippen LogP contribution in [0.1, 0.15) is 28.7 Å². The number of esters is 1. The SMILES string of the molecule is Cc1ccc(S(=O)(=O)NCCC(=O)OCc2ccccc2C#N)cc1C. The number of carbonyl (C=O) groups is 1. The zero-order valence-electron chi connectivity index (χ0n) is 14.7. The van der Waals surface area contributed by atoms with Gasteiger partial charge >= 0.3 is 5.97 Å². The highest BCUT2D eigenvalue weighted by molar-refractivity contribution is 7.89. The Morgan fingerprint density at radius 3 is 2.58 bits per heavy atom. The van der Waals surface area contributed by atoms with Gasteiger partial charge in [-0.3, -0.25) is 4.79 Å². The summed E-state index contributed by atoms with van der Waals surface area (Å²) in [6.07, 6.45) is -0.0984. The molecule has 0 saturated heterocycles. The minimum atomic E-state index is -3.67. The van der Waals surface area contributed by atoms with Crippen LogP contribution < -0.4 is 4.72 Å². The van der Waals surface area contributed by atoms with Crippen LogP contribution in [-0.4, -0.2) is 20.9 Å². The molecule has 0 spiro atoms. The molecule has 1 N–H and O–H groups in total. The zero-order chi connectivity index (χ0) is 19.2. The van der Waals surface area contributed by atoms with E-state index >= 15 is 0 Å². The Labute approximate surface area is 153 Å². The third-order valence-electron chi connectivity index (χ3n) is 3.94. The van der Waals surface area contributed by atoms with Crippen LogP contribution in [0.2, 0.25) is 0 Å². The van der Waals surface area contributed by atoms with Crippen molar-refractivity contribution in [2.45, 2.75) is 31.8 Å². The quantitative estimate of drug-likeness (QED) is 0.754. The first-order valence-corrected chi connectivity index (χ1v) is 9.52. The average Bonchev–Trinajstić information content (AvgIpc) is 2.62. The molecule has 0 aliphatic heterocycles. The van der Waals surface area contributed by atoms with Gasteiger partial charge in [-0.1, -0.05) is 24.3 Å². The molecule has 26 heavy (non-hydrogen) atoms. The van der Waals surface area contributed by atoms with Crippen molar-refractivity contribution in [3.05, 3.63) is 64.7 Å². The number of ether oxygens (including phenoxy) is 1. The zero-order valence-corrected chi connectivity index (χ0v) is 15.5. The van der Waals surface area contributed by atoms with Crippen LogP contribution in [0.15, 0.2) is 47.4 Å². The minimum absolute atomic E-state index is 0.0214. The fraction of sp³-hybridized carbons (Fsp3) is 0.263. The molecule has 0 aromatic heterocycles. The number of nitriles is 1. The number of benzene rings is 2. The maximum absolute atomic E-state index is 12.2. The summed E-state index contributed by atoms with van der Waals surface area (Å²) in [5.41, 5.74) is 2.93. The molecule has 2 aromatic carbocycles. The Bertz CT molecular complexity index is 946. The van der Waals surface area contributed by atoms with Crippen molar-refractivity contribution in [1.29, 1.82) is 5.26 Å². The first-order valence-electron chi connectivity index (χ1n) is 8.04. The van der Waals surface area contributed by atoms with Crippen LogP contribution in [0.3, 0.4) is 0 Å². The number of nitrogens with zero attached hydrogens (tertiary/aromatic N) is 1. The lowest BCUT2D eigenvalue weighted by Crippen LogP contribution is -2.26. The highest BCUT2D eigenvalue weighted by atomic mass is 32.2. The van der Waals surface area contributed by atoms with Gasteiger partial charge in [0.25, 0.3) is 0 Å². The largest absolute Gasteiger partial charge is 0.461 e. The standard InChI is InChI=1S/C19H20N2O4S/c1-14-7-8-18(11-15(14)2)26(23,24)21-10-9-19(22)25-13-17-6-4-3-5-16(17)12-20/h3-8,11,21H,9-10,13H2,1-2H3. The maximum atomic E-state index is 12.2. The Morgan fingerprint density at radius 2 is 1.88 bits per heavy atom. The van der Waals surface area contributed by atoms with E-state index in [1.165, 1.54) is 6.07 Å². The second-order valence-corrected chi connectivity index (χ2v) is 7.59. The van der Waals surface area contributed by atoms with E-state index in [0.717, 1.165) is 11.1 Å². The number of aryl methyl sites for hydroxylation is 2. The highest BCUT2D eigenvalue weighted by Gasteiger charge is 2.15. The molecule has 0 aliphatic rings. The lowest BCUT2D eigenvalue weighted by Gasteiger charge is -2.09. The fourth-order valence-corrected chi connectivity index (χ4v) is 3.35. The first-order chi connectivity index (χ1) is 12.3. The van der Waals surface area contributed by atoms with Crippen molar-refractivity contribution < 1.29 is 17.9 Å². The van der Waals surface area contributed by atoms with Gasteiger partial charge in [-0.2, -0.15) is 5.26 Å². The average molecular weight is 372 g/mol. The first kappa shape index (κ1) is 19.6. The van der Waals surface area contributed by atoms with Gasteiger partial charge in [0.1, 0.15) is 6.61 Å². The van der Waals surface area contributed by atoms with Crippen molar-refractivity contribution in [2.75, 3.05) is 6.54 Å². The van der Waals surface area contributed by atoms with E-state index in [4.69, 9.17) is 10.00 Å². The van der Waals surface area contributed by atoms with E-state index in [-0.39, 0.29) is 24.5 Å². The summed E-state index contributed by atoms with van der Waals surface area (Å²) in [7, 11) is -3.67. The van der Waals surface area contributed by atoms with Gasteiger partial charge in [0.2, 0.25) is 10.0 Å². The normalized spacial score (nSPS) is 11.0. The van der Waals surface area contributed by atoms with E-state index in [0.29, 0.717) is 11.1 Å². The number of nitrogens with one attached hydrogen (secondary N) is 1. The molecule has 136 valence electrons. The third kappa shape index (κ3) is 5.15. The van der Waals surface area contributed by atoms with Crippen LogP contribution in [0.4, 0.5) is 0 Å². The number of hydrogen-bond acceptors (Lipinski definition) is 5. The second-order valence-electron chi connectivity index (χ2n) is 5.82. The predicted molar refractivity (Wildman–Crippen MR) is 96.7 cm³/mol. The van der Waals surface area contributed by atoms with Crippen LogP contribution >= 0.6 is 0 Å². The minimum Gasteiger partial charge on any atom is -0.461 e. The van der Waals surface area contributed by atoms with Crippen LogP contribution in [0, 0.1) is 25.2 Å². The molecule has 0 amide bonds. The number of rotatable bonds is 7. The van der Waals surface area contributed by atoms with Crippen LogP contribution in [0.25, 0.3) is 0 Å². The summed E-state index contributed by atoms with van der Waals surface area (Å²) in [5, 5.41) is 8.99. The van der Waals surface area contributed by atoms with Crippen molar-refractivity contribution in [3.63, 3.8) is 0 Å². The molecule has 2 aromatic rings. The van der Waals surface area contributed by atoms with Gasteiger partial charge in [-0.25, -0.2) is 13.1 Å². The summed E-state index contributed by atoms with van der Waals surface area (Å²) >= 11 is 0. The van der Waals surface area contributed by atoms with Gasteiger partial charge in [0, 0.05) is 12.1 Å². The Balaban J connectivity index is 1.86. The second kappa shape index (κ2) is 8.61. The van der Waals surface area contributed by atoms with Gasteiger partial charge in [0.05, 0.1) is 22.9 Å². The molecule has 0 saturated carbocycles. The van der Waals surface area contributed by atoms with E-state index < -0.39 is 16.0 Å². The molecular formula is C19H20N2O4S. The van der Waals surface area contributed by atoms with E-state index in [9.17, 15) is 13.2 Å². The smallest absolute Gasteiger partial charge is 0.307 e. The van der Waals surface area contributed by atoms with E-state index in [1.54, 1.807) is 36.4 Å². The maximum Gasteiger partial charge on any atom is 0.307 e. The summed E-state index contributed by atoms with van der Waals surface area (Å²) in [4.78, 5) is 12.0. The molecule has 7 heteroatoms. The van der Waals surface area contributed by atoms with Crippen LogP contribution in [-0.2, 0) is 26.2 Å². The topological polar surface area (TPSA) is 96.3 Å². The molecule has 0 radical (unpaired) electrons. The van der Waals surface area contributed by atoms with E-state index in [2.05, 4.69) is 4.72 Å². The lowest BCUT2D eigenvalue weighted by atomic mass is 10.1. The molecule has 0 fully saturated rings. The predicted octanol–water partition coefficient (Wildman–Crippen LogP) is 2.59. The number of carbonyl (C=O) groups excluding carboxylic acids is 1. The summed E-state index contributed by atoms with van der Waals surface area (Å²) < 4.78 is 32.0. The molecule has 0 unspecified atom stereocenters. The molecule has 0 heterocycles. The van der Waals surface area contributed by atoms with Gasteiger partial charge < -0.3 is 4.74 Å². The lowest BCUT2D eigenvalue weighted by molar-refractivity contribution is -0.144. The summed E-state index contributed by atoms with van der Waals surface area (Å²) in [6.45, 7) is 3.66. The van der Waals surface area contributed by atoms with Gasteiger partial charge in [-0.05, 0) is 43.2 Å². The molecule has 0 atom stereocenters. The molecule has 0 bridgehead atoms. The van der Waals surface area contributed by atoms with Crippen molar-refractivity contribution in [1.82, 2.24) is 4.72 Å². The van der Waals surface area contributed by atoms with Gasteiger partial charge in [0.15, 0.2) is 0 Å². The molecule has 2 rings (SSSR count). The Morgan fingerprint density at radius 1 is 1.15 bits per heavy atom.